The lowest BCUT2D eigenvalue weighted by Gasteiger charge is -2.33. The molecule has 2 aromatic heterocycles. The molecule has 0 radical (unpaired) electrons. The molecule has 0 N–H and O–H groups in total. The first-order valence-electron chi connectivity index (χ1n) is 6.65. The van der Waals surface area contributed by atoms with Crippen LogP contribution in [0, 0.1) is 0 Å². The lowest BCUT2D eigenvalue weighted by atomic mass is 10.3. The zero-order valence-electron chi connectivity index (χ0n) is 11.3. The van der Waals surface area contributed by atoms with Crippen molar-refractivity contribution in [3.63, 3.8) is 0 Å². The number of piperazine rings is 1. The monoisotopic (exact) mass is 292 g/mol. The van der Waals surface area contributed by atoms with Crippen LogP contribution in [0.25, 0.3) is 10.2 Å². The van der Waals surface area contributed by atoms with Gasteiger partial charge in [-0.2, -0.15) is 0 Å². The second kappa shape index (κ2) is 5.62. The van der Waals surface area contributed by atoms with Crippen LogP contribution in [0.1, 0.15) is 6.92 Å². The Morgan fingerprint density at radius 3 is 2.95 bits per heavy atom. The maximum Gasteiger partial charge on any atom is 0.409 e. The van der Waals surface area contributed by atoms with Crippen molar-refractivity contribution in [2.75, 3.05) is 37.7 Å². The van der Waals surface area contributed by atoms with Gasteiger partial charge in [0.2, 0.25) is 5.95 Å². The van der Waals surface area contributed by atoms with Crippen LogP contribution in [0.2, 0.25) is 0 Å². The number of carbonyl (C=O) groups excluding carboxylic acids is 1. The number of ether oxygens (including phenoxy) is 1. The number of carbonyl (C=O) groups is 1. The molecule has 3 heterocycles. The number of aromatic nitrogens is 2. The zero-order chi connectivity index (χ0) is 13.9. The van der Waals surface area contributed by atoms with Crippen LogP contribution < -0.4 is 4.90 Å². The van der Waals surface area contributed by atoms with Crippen molar-refractivity contribution in [2.45, 2.75) is 6.92 Å². The summed E-state index contributed by atoms with van der Waals surface area (Å²) in [4.78, 5) is 24.4. The second-order valence-electron chi connectivity index (χ2n) is 4.51. The molecule has 20 heavy (non-hydrogen) atoms. The van der Waals surface area contributed by atoms with Crippen molar-refractivity contribution in [1.82, 2.24) is 14.9 Å². The van der Waals surface area contributed by atoms with Gasteiger partial charge in [0.15, 0.2) is 0 Å². The van der Waals surface area contributed by atoms with Crippen LogP contribution in [0.15, 0.2) is 17.6 Å². The van der Waals surface area contributed by atoms with E-state index in [0.29, 0.717) is 19.7 Å². The van der Waals surface area contributed by atoms with Gasteiger partial charge in [0.1, 0.15) is 0 Å². The van der Waals surface area contributed by atoms with Gasteiger partial charge in [-0.25, -0.2) is 14.8 Å². The van der Waals surface area contributed by atoms with Gasteiger partial charge in [-0.15, -0.1) is 11.3 Å². The molecule has 0 aliphatic carbocycles. The van der Waals surface area contributed by atoms with E-state index in [0.717, 1.165) is 29.3 Å². The summed E-state index contributed by atoms with van der Waals surface area (Å²) in [7, 11) is 0. The summed E-state index contributed by atoms with van der Waals surface area (Å²) in [5, 5.41) is 2.02. The van der Waals surface area contributed by atoms with E-state index >= 15 is 0 Å². The minimum Gasteiger partial charge on any atom is -0.450 e. The van der Waals surface area contributed by atoms with Crippen molar-refractivity contribution >= 4 is 33.6 Å². The molecule has 1 saturated heterocycles. The maximum atomic E-state index is 11.6. The summed E-state index contributed by atoms with van der Waals surface area (Å²) in [5.41, 5.74) is 0.979. The lowest BCUT2D eigenvalue weighted by Crippen LogP contribution is -2.49. The summed E-state index contributed by atoms with van der Waals surface area (Å²) in [6.07, 6.45) is 1.63. The van der Waals surface area contributed by atoms with Crippen LogP contribution in [0.4, 0.5) is 10.7 Å². The largest absolute Gasteiger partial charge is 0.450 e. The van der Waals surface area contributed by atoms with Crippen molar-refractivity contribution in [3.05, 3.63) is 17.6 Å². The molecule has 0 unspecified atom stereocenters. The van der Waals surface area contributed by atoms with E-state index in [4.69, 9.17) is 4.74 Å². The van der Waals surface area contributed by atoms with E-state index in [2.05, 4.69) is 14.9 Å². The standard InChI is InChI=1S/C13H16N4O2S/c1-2-19-13(18)17-6-4-16(5-7-17)12-14-9-11-10(15-12)3-8-20-11/h3,8-9H,2,4-7H2,1H3. The lowest BCUT2D eigenvalue weighted by molar-refractivity contribution is 0.105. The highest BCUT2D eigenvalue weighted by atomic mass is 32.1. The van der Waals surface area contributed by atoms with Crippen LogP contribution in [-0.2, 0) is 4.74 Å². The number of anilines is 1. The van der Waals surface area contributed by atoms with Gasteiger partial charge in [-0.1, -0.05) is 0 Å². The van der Waals surface area contributed by atoms with E-state index in [1.54, 1.807) is 16.2 Å². The Hall–Kier alpha value is -1.89. The van der Waals surface area contributed by atoms with E-state index < -0.39 is 0 Å². The fourth-order valence-electron chi connectivity index (χ4n) is 2.21. The van der Waals surface area contributed by atoms with Crippen molar-refractivity contribution in [3.8, 4) is 0 Å². The molecule has 1 amide bonds. The van der Waals surface area contributed by atoms with Crippen LogP contribution in [0.3, 0.4) is 0 Å². The van der Waals surface area contributed by atoms with Crippen LogP contribution in [-0.4, -0.2) is 53.7 Å². The molecule has 6 nitrogen and oxygen atoms in total. The molecule has 106 valence electrons. The van der Waals surface area contributed by atoms with E-state index in [9.17, 15) is 4.79 Å². The third kappa shape index (κ3) is 2.53. The van der Waals surface area contributed by atoms with Crippen molar-refractivity contribution < 1.29 is 9.53 Å². The SMILES string of the molecule is CCOC(=O)N1CCN(c2ncc3sccc3n2)CC1. The van der Waals surface area contributed by atoms with Gasteiger partial charge in [0, 0.05) is 26.2 Å². The predicted octanol–water partition coefficient (Wildman–Crippen LogP) is 1.97. The number of hydrogen-bond donors (Lipinski definition) is 0. The molecular weight excluding hydrogens is 276 g/mol. The molecule has 0 aromatic carbocycles. The average molecular weight is 292 g/mol. The highest BCUT2D eigenvalue weighted by Gasteiger charge is 2.23. The molecule has 1 aliphatic heterocycles. The molecule has 0 spiro atoms. The van der Waals surface area contributed by atoms with Gasteiger partial charge in [-0.05, 0) is 18.4 Å². The molecule has 0 saturated carbocycles. The third-order valence-corrected chi connectivity index (χ3v) is 4.12. The molecule has 0 bridgehead atoms. The Morgan fingerprint density at radius 2 is 2.20 bits per heavy atom. The molecule has 1 fully saturated rings. The highest BCUT2D eigenvalue weighted by molar-refractivity contribution is 7.17. The summed E-state index contributed by atoms with van der Waals surface area (Å²) in [6.45, 7) is 4.98. The third-order valence-electron chi connectivity index (χ3n) is 3.28. The zero-order valence-corrected chi connectivity index (χ0v) is 12.1. The van der Waals surface area contributed by atoms with Gasteiger partial charge in [-0.3, -0.25) is 0 Å². The number of amides is 1. The normalized spacial score (nSPS) is 15.7. The van der Waals surface area contributed by atoms with Gasteiger partial charge < -0.3 is 14.5 Å². The Kier molecular flexibility index (Phi) is 3.68. The Morgan fingerprint density at radius 1 is 1.40 bits per heavy atom. The van der Waals surface area contributed by atoms with Gasteiger partial charge in [0.25, 0.3) is 0 Å². The van der Waals surface area contributed by atoms with E-state index in [1.807, 2.05) is 24.6 Å². The Bertz CT molecular complexity index is 607. The number of nitrogens with zero attached hydrogens (tertiary/aromatic N) is 4. The summed E-state index contributed by atoms with van der Waals surface area (Å²) >= 11 is 1.64. The minimum absolute atomic E-state index is 0.235. The molecule has 0 atom stereocenters. The number of hydrogen-bond acceptors (Lipinski definition) is 6. The van der Waals surface area contributed by atoms with Crippen molar-refractivity contribution in [1.29, 1.82) is 0 Å². The van der Waals surface area contributed by atoms with Crippen molar-refractivity contribution in [2.24, 2.45) is 0 Å². The van der Waals surface area contributed by atoms with E-state index in [1.165, 1.54) is 0 Å². The molecule has 1 aliphatic rings. The summed E-state index contributed by atoms with van der Waals surface area (Å²) in [5.74, 6) is 0.736. The first-order valence-corrected chi connectivity index (χ1v) is 7.53. The fraction of sp³-hybridized carbons (Fsp3) is 0.462. The number of rotatable bonds is 2. The predicted molar refractivity (Wildman–Crippen MR) is 78.2 cm³/mol. The molecule has 7 heteroatoms. The fourth-order valence-corrected chi connectivity index (χ4v) is 2.90. The van der Waals surface area contributed by atoms with E-state index in [-0.39, 0.29) is 6.09 Å². The topological polar surface area (TPSA) is 58.6 Å². The smallest absolute Gasteiger partial charge is 0.409 e. The first kappa shape index (κ1) is 13.1. The minimum atomic E-state index is -0.235. The molecule has 2 aromatic rings. The second-order valence-corrected chi connectivity index (χ2v) is 5.46. The Balaban J connectivity index is 1.66. The van der Waals surface area contributed by atoms with Crippen LogP contribution >= 0.6 is 11.3 Å². The van der Waals surface area contributed by atoms with Gasteiger partial charge >= 0.3 is 6.09 Å². The summed E-state index contributed by atoms with van der Waals surface area (Å²) < 4.78 is 6.10. The molecule has 3 rings (SSSR count). The quantitative estimate of drug-likeness (QED) is 0.847. The maximum absolute atomic E-state index is 11.6. The van der Waals surface area contributed by atoms with Crippen LogP contribution in [0.5, 0.6) is 0 Å². The number of fused-ring (bicyclic) bond motifs is 1. The highest BCUT2D eigenvalue weighted by Crippen LogP contribution is 2.20. The average Bonchev–Trinajstić information content (AvgIpc) is 2.95. The van der Waals surface area contributed by atoms with Gasteiger partial charge in [0.05, 0.1) is 23.0 Å². The summed E-state index contributed by atoms with van der Waals surface area (Å²) in [6, 6.07) is 2.00. The molecular formula is C13H16N4O2S. The Labute approximate surface area is 121 Å². The first-order chi connectivity index (χ1) is 9.78. The number of thiophene rings is 1.